The third-order valence-corrected chi connectivity index (χ3v) is 4.64. The number of unbranched alkanes of at least 4 members (excludes halogenated alkanes) is 1. The number of imidazole rings is 1. The first-order valence-electron chi connectivity index (χ1n) is 8.52. The largest absolute Gasteiger partial charge is 0.493 e. The summed E-state index contributed by atoms with van der Waals surface area (Å²) < 4.78 is 6.02. The maximum Gasteiger partial charge on any atom is 0.138 e. The molecule has 0 aliphatic heterocycles. The van der Waals surface area contributed by atoms with E-state index in [4.69, 9.17) is 4.74 Å². The van der Waals surface area contributed by atoms with Gasteiger partial charge in [0.15, 0.2) is 0 Å². The quantitative estimate of drug-likeness (QED) is 0.414. The molecule has 0 amide bonds. The topological polar surface area (TPSA) is 37.9 Å². The second-order valence-electron chi connectivity index (χ2n) is 5.60. The molecule has 0 fully saturated rings. The molecule has 0 spiro atoms. The Hall–Kier alpha value is -2.46. The molecule has 1 N–H and O–H groups in total. The molecular formula is C21H22N2OS. The van der Waals surface area contributed by atoms with E-state index in [1.54, 1.807) is 18.0 Å². The molecule has 0 saturated carbocycles. The van der Waals surface area contributed by atoms with Gasteiger partial charge in [0.1, 0.15) is 11.6 Å². The zero-order valence-corrected chi connectivity index (χ0v) is 15.1. The Labute approximate surface area is 153 Å². The van der Waals surface area contributed by atoms with Crippen molar-refractivity contribution in [2.75, 3.05) is 6.61 Å². The Kier molecular flexibility index (Phi) is 6.35. The monoisotopic (exact) mass is 350 g/mol. The summed E-state index contributed by atoms with van der Waals surface area (Å²) in [6.07, 6.45) is 5.79. The predicted molar refractivity (Wildman–Crippen MR) is 105 cm³/mol. The van der Waals surface area contributed by atoms with Gasteiger partial charge in [-0.1, -0.05) is 61.5 Å². The number of nitrogens with one attached hydrogen (secondary N) is 1. The van der Waals surface area contributed by atoms with Gasteiger partial charge in [-0.3, -0.25) is 0 Å². The van der Waals surface area contributed by atoms with Crippen LogP contribution in [0.25, 0.3) is 5.57 Å². The number of H-pyrrole nitrogens is 1. The Bertz CT molecular complexity index is 798. The molecule has 1 heterocycles. The van der Waals surface area contributed by atoms with E-state index in [0.717, 1.165) is 42.2 Å². The van der Waals surface area contributed by atoms with E-state index < -0.39 is 0 Å². The number of benzene rings is 2. The lowest BCUT2D eigenvalue weighted by Gasteiger charge is -2.13. The SMILES string of the molecule is CCCCOc1ccccc1/C(=C/Sc1ccccc1)c1ncc[nH]1. The van der Waals surface area contributed by atoms with Gasteiger partial charge >= 0.3 is 0 Å². The molecule has 0 aliphatic rings. The number of hydrogen-bond acceptors (Lipinski definition) is 3. The molecule has 0 radical (unpaired) electrons. The standard InChI is InChI=1S/C21H22N2OS/c1-2-3-15-24-20-12-8-7-11-18(20)19(21-22-13-14-23-21)16-25-17-9-5-4-6-10-17/h4-14,16H,2-3,15H2,1H3,(H,22,23)/b19-16-. The molecule has 2 aromatic carbocycles. The van der Waals surface area contributed by atoms with E-state index in [0.29, 0.717) is 0 Å². The van der Waals surface area contributed by atoms with Crippen LogP contribution in [-0.4, -0.2) is 16.6 Å². The summed E-state index contributed by atoms with van der Waals surface area (Å²) in [6, 6.07) is 18.5. The van der Waals surface area contributed by atoms with Crippen LogP contribution in [0.15, 0.2) is 77.3 Å². The fourth-order valence-corrected chi connectivity index (χ4v) is 3.23. The third-order valence-electron chi connectivity index (χ3n) is 3.74. The number of ether oxygens (including phenoxy) is 1. The molecule has 3 aromatic rings. The van der Waals surface area contributed by atoms with E-state index in [2.05, 4.69) is 40.5 Å². The summed E-state index contributed by atoms with van der Waals surface area (Å²) in [5.74, 6) is 1.74. The first kappa shape index (κ1) is 17.4. The van der Waals surface area contributed by atoms with Crippen molar-refractivity contribution in [2.45, 2.75) is 24.7 Å². The third kappa shape index (κ3) is 4.77. The van der Waals surface area contributed by atoms with Crippen LogP contribution in [0.1, 0.15) is 31.2 Å². The number of nitrogens with zero attached hydrogens (tertiary/aromatic N) is 1. The van der Waals surface area contributed by atoms with Gasteiger partial charge in [0.25, 0.3) is 0 Å². The number of aromatic amines is 1. The number of rotatable bonds is 8. The summed E-state index contributed by atoms with van der Waals surface area (Å²) >= 11 is 1.68. The number of hydrogen-bond donors (Lipinski definition) is 1. The highest BCUT2D eigenvalue weighted by molar-refractivity contribution is 8.02. The van der Waals surface area contributed by atoms with Crippen molar-refractivity contribution in [3.63, 3.8) is 0 Å². The number of para-hydroxylation sites is 1. The molecule has 0 saturated heterocycles. The van der Waals surface area contributed by atoms with Gasteiger partial charge in [-0.15, -0.1) is 0 Å². The molecule has 0 aliphatic carbocycles. The van der Waals surface area contributed by atoms with Gasteiger partial charge in [0.2, 0.25) is 0 Å². The molecule has 0 bridgehead atoms. The highest BCUT2D eigenvalue weighted by Crippen LogP contribution is 2.33. The summed E-state index contributed by atoms with van der Waals surface area (Å²) in [7, 11) is 0. The van der Waals surface area contributed by atoms with Crippen LogP contribution in [0.4, 0.5) is 0 Å². The fourth-order valence-electron chi connectivity index (χ4n) is 2.43. The van der Waals surface area contributed by atoms with Crippen molar-refractivity contribution >= 4 is 17.3 Å². The van der Waals surface area contributed by atoms with Gasteiger partial charge in [0, 0.05) is 28.4 Å². The van der Waals surface area contributed by atoms with Crippen LogP contribution in [-0.2, 0) is 0 Å². The molecule has 128 valence electrons. The summed E-state index contributed by atoms with van der Waals surface area (Å²) in [6.45, 7) is 2.89. The second kappa shape index (κ2) is 9.14. The van der Waals surface area contributed by atoms with Crippen LogP contribution in [0, 0.1) is 0 Å². The second-order valence-corrected chi connectivity index (χ2v) is 6.54. The average molecular weight is 350 g/mol. The zero-order valence-electron chi connectivity index (χ0n) is 14.3. The molecule has 25 heavy (non-hydrogen) atoms. The van der Waals surface area contributed by atoms with Crippen LogP contribution in [0.2, 0.25) is 0 Å². The molecule has 0 atom stereocenters. The van der Waals surface area contributed by atoms with Crippen molar-refractivity contribution in [3.8, 4) is 5.75 Å². The lowest BCUT2D eigenvalue weighted by Crippen LogP contribution is -2.00. The molecule has 3 nitrogen and oxygen atoms in total. The maximum absolute atomic E-state index is 6.02. The Morgan fingerprint density at radius 3 is 2.68 bits per heavy atom. The van der Waals surface area contributed by atoms with Crippen molar-refractivity contribution in [3.05, 3.63) is 83.8 Å². The summed E-state index contributed by atoms with van der Waals surface area (Å²) in [5.41, 5.74) is 2.09. The highest BCUT2D eigenvalue weighted by atomic mass is 32.2. The van der Waals surface area contributed by atoms with Crippen LogP contribution in [0.3, 0.4) is 0 Å². The van der Waals surface area contributed by atoms with Crippen LogP contribution in [0.5, 0.6) is 5.75 Å². The van der Waals surface area contributed by atoms with Crippen LogP contribution < -0.4 is 4.74 Å². The Morgan fingerprint density at radius 2 is 1.92 bits per heavy atom. The first-order chi connectivity index (χ1) is 12.4. The molecule has 1 aromatic heterocycles. The fraction of sp³-hybridized carbons (Fsp3) is 0.190. The van der Waals surface area contributed by atoms with Crippen LogP contribution >= 0.6 is 11.8 Å². The van der Waals surface area contributed by atoms with E-state index in [9.17, 15) is 0 Å². The maximum atomic E-state index is 6.02. The summed E-state index contributed by atoms with van der Waals surface area (Å²) in [4.78, 5) is 8.86. The van der Waals surface area contributed by atoms with Crippen molar-refractivity contribution < 1.29 is 4.74 Å². The van der Waals surface area contributed by atoms with Crippen molar-refractivity contribution in [1.29, 1.82) is 0 Å². The van der Waals surface area contributed by atoms with Gasteiger partial charge < -0.3 is 9.72 Å². The van der Waals surface area contributed by atoms with Crippen molar-refractivity contribution in [2.24, 2.45) is 0 Å². The molecular weight excluding hydrogens is 328 g/mol. The lowest BCUT2D eigenvalue weighted by atomic mass is 10.1. The number of thioether (sulfide) groups is 1. The average Bonchev–Trinajstić information content (AvgIpc) is 3.19. The number of aromatic nitrogens is 2. The Morgan fingerprint density at radius 1 is 1.12 bits per heavy atom. The van der Waals surface area contributed by atoms with E-state index in [-0.39, 0.29) is 0 Å². The first-order valence-corrected chi connectivity index (χ1v) is 9.40. The van der Waals surface area contributed by atoms with Gasteiger partial charge in [-0.05, 0) is 30.0 Å². The zero-order chi connectivity index (χ0) is 17.3. The smallest absolute Gasteiger partial charge is 0.138 e. The van der Waals surface area contributed by atoms with E-state index in [1.165, 1.54) is 4.90 Å². The Balaban J connectivity index is 1.93. The summed E-state index contributed by atoms with van der Waals surface area (Å²) in [5, 5.41) is 2.14. The minimum absolute atomic E-state index is 0.727. The lowest BCUT2D eigenvalue weighted by molar-refractivity contribution is 0.308. The minimum Gasteiger partial charge on any atom is -0.493 e. The normalized spacial score (nSPS) is 11.5. The predicted octanol–water partition coefficient (Wildman–Crippen LogP) is 5.77. The highest BCUT2D eigenvalue weighted by Gasteiger charge is 2.13. The molecule has 4 heteroatoms. The van der Waals surface area contributed by atoms with E-state index in [1.807, 2.05) is 42.6 Å². The molecule has 0 unspecified atom stereocenters. The van der Waals surface area contributed by atoms with E-state index >= 15 is 0 Å². The minimum atomic E-state index is 0.727. The molecule has 3 rings (SSSR count). The van der Waals surface area contributed by atoms with Crippen molar-refractivity contribution in [1.82, 2.24) is 9.97 Å². The van der Waals surface area contributed by atoms with Gasteiger partial charge in [-0.25, -0.2) is 4.98 Å². The van der Waals surface area contributed by atoms with Gasteiger partial charge in [0.05, 0.1) is 6.61 Å². The van der Waals surface area contributed by atoms with Gasteiger partial charge in [-0.2, -0.15) is 0 Å².